The molecule has 3 rings (SSSR count). The maximum absolute atomic E-state index is 11.9. The number of ether oxygens (including phenoxy) is 2. The van der Waals surface area contributed by atoms with Crippen molar-refractivity contribution in [2.75, 3.05) is 7.11 Å². The maximum atomic E-state index is 11.9. The van der Waals surface area contributed by atoms with Crippen LogP contribution in [0.15, 0.2) is 59.2 Å². The number of nitrogens with zero attached hydrogens (tertiary/aromatic N) is 1. The van der Waals surface area contributed by atoms with Crippen LogP contribution in [0.2, 0.25) is 0 Å². The van der Waals surface area contributed by atoms with Gasteiger partial charge in [0.15, 0.2) is 5.70 Å². The minimum Gasteiger partial charge on any atom is -0.497 e. The third-order valence-electron chi connectivity index (χ3n) is 3.32. The van der Waals surface area contributed by atoms with Crippen molar-refractivity contribution in [3.8, 4) is 5.75 Å². The van der Waals surface area contributed by atoms with Gasteiger partial charge in [-0.1, -0.05) is 29.8 Å². The number of esters is 1. The lowest BCUT2D eigenvalue weighted by molar-refractivity contribution is -0.129. The molecule has 1 heterocycles. The zero-order valence-corrected chi connectivity index (χ0v) is 12.4. The summed E-state index contributed by atoms with van der Waals surface area (Å²) < 4.78 is 10.4. The van der Waals surface area contributed by atoms with Gasteiger partial charge in [0.1, 0.15) is 5.75 Å². The van der Waals surface area contributed by atoms with Crippen molar-refractivity contribution < 1.29 is 14.3 Å². The number of aliphatic imine (C=N–C) groups is 1. The molecule has 0 saturated carbocycles. The van der Waals surface area contributed by atoms with Crippen LogP contribution in [0.5, 0.6) is 5.75 Å². The highest BCUT2D eigenvalue weighted by atomic mass is 16.6. The van der Waals surface area contributed by atoms with Crippen LogP contribution >= 0.6 is 0 Å². The first-order valence-corrected chi connectivity index (χ1v) is 6.89. The summed E-state index contributed by atoms with van der Waals surface area (Å²) in [5, 5.41) is 0. The molecule has 0 aromatic heterocycles. The van der Waals surface area contributed by atoms with E-state index in [0.717, 1.165) is 22.4 Å². The van der Waals surface area contributed by atoms with E-state index in [4.69, 9.17) is 9.47 Å². The van der Waals surface area contributed by atoms with Crippen LogP contribution in [0.1, 0.15) is 16.7 Å². The summed E-state index contributed by atoms with van der Waals surface area (Å²) in [7, 11) is 1.60. The van der Waals surface area contributed by atoms with Crippen LogP contribution in [0.4, 0.5) is 0 Å². The molecule has 2 aromatic carbocycles. The normalized spacial score (nSPS) is 15.6. The average molecular weight is 293 g/mol. The van der Waals surface area contributed by atoms with Crippen LogP contribution in [0, 0.1) is 6.92 Å². The Labute approximate surface area is 128 Å². The van der Waals surface area contributed by atoms with Crippen LogP contribution in [0.25, 0.3) is 6.08 Å². The number of hydrogen-bond acceptors (Lipinski definition) is 4. The predicted molar refractivity (Wildman–Crippen MR) is 84.8 cm³/mol. The van der Waals surface area contributed by atoms with Crippen LogP contribution in [-0.4, -0.2) is 19.0 Å². The first-order chi connectivity index (χ1) is 10.7. The Morgan fingerprint density at radius 3 is 2.64 bits per heavy atom. The van der Waals surface area contributed by atoms with Gasteiger partial charge in [-0.25, -0.2) is 9.79 Å². The van der Waals surface area contributed by atoms with Crippen LogP contribution in [-0.2, 0) is 9.53 Å². The van der Waals surface area contributed by atoms with Crippen molar-refractivity contribution in [3.63, 3.8) is 0 Å². The summed E-state index contributed by atoms with van der Waals surface area (Å²) in [5.41, 5.74) is 3.04. The molecule has 1 aliphatic rings. The summed E-state index contributed by atoms with van der Waals surface area (Å²) in [6.45, 7) is 2.00. The molecular formula is C18H15NO3. The summed E-state index contributed by atoms with van der Waals surface area (Å²) >= 11 is 0. The fraction of sp³-hybridized carbons (Fsp3) is 0.111. The first-order valence-electron chi connectivity index (χ1n) is 6.89. The van der Waals surface area contributed by atoms with Gasteiger partial charge in [0.2, 0.25) is 5.90 Å². The van der Waals surface area contributed by atoms with Crippen LogP contribution in [0.3, 0.4) is 0 Å². The molecule has 0 saturated heterocycles. The SMILES string of the molecule is COc1cccc(/C=C2/N=C(c3ccc(C)cc3)OC2=O)c1. The molecule has 110 valence electrons. The summed E-state index contributed by atoms with van der Waals surface area (Å²) in [5.74, 6) is 0.612. The standard InChI is InChI=1S/C18H15NO3/c1-12-6-8-14(9-7-12)17-19-16(18(20)22-17)11-13-4-3-5-15(10-13)21-2/h3-11H,1-2H3/b16-11+. The van der Waals surface area contributed by atoms with Gasteiger partial charge in [-0.2, -0.15) is 0 Å². The van der Waals surface area contributed by atoms with E-state index in [9.17, 15) is 4.79 Å². The Kier molecular flexibility index (Phi) is 3.74. The second kappa shape index (κ2) is 5.85. The zero-order chi connectivity index (χ0) is 15.5. The van der Waals surface area contributed by atoms with Gasteiger partial charge in [-0.15, -0.1) is 0 Å². The van der Waals surface area contributed by atoms with E-state index >= 15 is 0 Å². The van der Waals surface area contributed by atoms with Gasteiger partial charge in [0, 0.05) is 5.56 Å². The summed E-state index contributed by atoms with van der Waals surface area (Å²) in [6, 6.07) is 15.1. The number of aryl methyl sites for hydroxylation is 1. The molecule has 0 fully saturated rings. The molecule has 0 N–H and O–H groups in total. The third-order valence-corrected chi connectivity index (χ3v) is 3.32. The number of methoxy groups -OCH3 is 1. The number of benzene rings is 2. The van der Waals surface area contributed by atoms with E-state index in [2.05, 4.69) is 4.99 Å². The fourth-order valence-electron chi connectivity index (χ4n) is 2.12. The van der Waals surface area contributed by atoms with Crippen molar-refractivity contribution in [1.82, 2.24) is 0 Å². The molecule has 0 amide bonds. The third kappa shape index (κ3) is 2.91. The highest BCUT2D eigenvalue weighted by Gasteiger charge is 2.23. The van der Waals surface area contributed by atoms with E-state index in [1.807, 2.05) is 55.5 Å². The lowest BCUT2D eigenvalue weighted by Gasteiger charge is -2.00. The van der Waals surface area contributed by atoms with Gasteiger partial charge >= 0.3 is 5.97 Å². The van der Waals surface area contributed by atoms with Gasteiger partial charge in [0.05, 0.1) is 7.11 Å². The largest absolute Gasteiger partial charge is 0.497 e. The average Bonchev–Trinajstić information content (AvgIpc) is 2.89. The Balaban J connectivity index is 1.92. The van der Waals surface area contributed by atoms with E-state index in [1.54, 1.807) is 13.2 Å². The second-order valence-electron chi connectivity index (χ2n) is 4.98. The molecule has 2 aromatic rings. The predicted octanol–water partition coefficient (Wildman–Crippen LogP) is 3.35. The monoisotopic (exact) mass is 293 g/mol. The van der Waals surface area contributed by atoms with Crippen molar-refractivity contribution in [3.05, 3.63) is 70.9 Å². The van der Waals surface area contributed by atoms with Crippen molar-refractivity contribution in [1.29, 1.82) is 0 Å². The Bertz CT molecular complexity index is 773. The molecule has 0 radical (unpaired) electrons. The molecule has 0 spiro atoms. The highest BCUT2D eigenvalue weighted by molar-refractivity contribution is 6.12. The van der Waals surface area contributed by atoms with Crippen molar-refractivity contribution in [2.45, 2.75) is 6.92 Å². The summed E-state index contributed by atoms with van der Waals surface area (Å²) in [6.07, 6.45) is 1.69. The van der Waals surface area contributed by atoms with Gasteiger partial charge < -0.3 is 9.47 Å². The van der Waals surface area contributed by atoms with E-state index in [0.29, 0.717) is 5.90 Å². The smallest absolute Gasteiger partial charge is 0.363 e. The van der Waals surface area contributed by atoms with Gasteiger partial charge in [0.25, 0.3) is 0 Å². The quantitative estimate of drug-likeness (QED) is 0.644. The molecule has 0 bridgehead atoms. The summed E-state index contributed by atoms with van der Waals surface area (Å²) in [4.78, 5) is 16.2. The second-order valence-corrected chi connectivity index (χ2v) is 4.98. The molecule has 0 aliphatic carbocycles. The fourth-order valence-corrected chi connectivity index (χ4v) is 2.12. The van der Waals surface area contributed by atoms with Crippen molar-refractivity contribution in [2.24, 2.45) is 4.99 Å². The van der Waals surface area contributed by atoms with Crippen molar-refractivity contribution >= 4 is 17.9 Å². The first kappa shape index (κ1) is 14.1. The topological polar surface area (TPSA) is 47.9 Å². The Morgan fingerprint density at radius 2 is 1.91 bits per heavy atom. The lowest BCUT2D eigenvalue weighted by Crippen LogP contribution is -2.05. The van der Waals surface area contributed by atoms with E-state index < -0.39 is 5.97 Å². The zero-order valence-electron chi connectivity index (χ0n) is 12.4. The van der Waals surface area contributed by atoms with E-state index in [1.165, 1.54) is 0 Å². The molecule has 0 atom stereocenters. The Hall–Kier alpha value is -2.88. The number of carbonyl (C=O) groups is 1. The van der Waals surface area contributed by atoms with Gasteiger partial charge in [-0.05, 0) is 42.8 Å². The number of hydrogen-bond donors (Lipinski definition) is 0. The minimum atomic E-state index is -0.446. The lowest BCUT2D eigenvalue weighted by atomic mass is 10.1. The number of rotatable bonds is 3. The molecule has 0 unspecified atom stereocenters. The number of cyclic esters (lactones) is 1. The number of carbonyl (C=O) groups excluding carboxylic acids is 1. The van der Waals surface area contributed by atoms with E-state index in [-0.39, 0.29) is 5.70 Å². The molecule has 1 aliphatic heterocycles. The van der Waals surface area contributed by atoms with Gasteiger partial charge in [-0.3, -0.25) is 0 Å². The molecule has 22 heavy (non-hydrogen) atoms. The molecule has 4 nitrogen and oxygen atoms in total. The molecular weight excluding hydrogens is 278 g/mol. The molecule has 4 heteroatoms. The Morgan fingerprint density at radius 1 is 1.14 bits per heavy atom. The van der Waals surface area contributed by atoms with Crippen LogP contribution < -0.4 is 4.74 Å². The minimum absolute atomic E-state index is 0.281. The maximum Gasteiger partial charge on any atom is 0.363 e. The highest BCUT2D eigenvalue weighted by Crippen LogP contribution is 2.21.